The molecule has 2 aromatic carbocycles. The maximum Gasteiger partial charge on any atom is 0.289 e. The molecule has 8 heteroatoms. The Morgan fingerprint density at radius 3 is 2.48 bits per heavy atom. The molecule has 3 aromatic heterocycles. The highest BCUT2D eigenvalue weighted by molar-refractivity contribution is 6.02. The fraction of sp³-hybridized carbons (Fsp3) is 0.130. The Bertz CT molecular complexity index is 1340. The van der Waals surface area contributed by atoms with Crippen LogP contribution in [0.1, 0.15) is 22.2 Å². The number of nitrogens with one attached hydrogen (secondary N) is 4. The normalized spacial score (nSPS) is 12.3. The molecule has 154 valence electrons. The van der Waals surface area contributed by atoms with E-state index in [0.717, 1.165) is 27.7 Å². The Morgan fingerprint density at radius 1 is 1.00 bits per heavy atom. The number of hydrogen-bond donors (Lipinski definition) is 4. The summed E-state index contributed by atoms with van der Waals surface area (Å²) in [5, 5.41) is 13.5. The number of carbonyl (C=O) groups is 1. The Hall–Kier alpha value is -4.04. The van der Waals surface area contributed by atoms with Gasteiger partial charge in [-0.3, -0.25) is 14.9 Å². The van der Waals surface area contributed by atoms with E-state index in [1.54, 1.807) is 12.4 Å². The maximum atomic E-state index is 12.9. The number of aromatic nitrogens is 5. The van der Waals surface area contributed by atoms with Crippen LogP contribution in [0, 0.1) is 0 Å². The fourth-order valence-electron chi connectivity index (χ4n) is 3.73. The predicted molar refractivity (Wildman–Crippen MR) is 120 cm³/mol. The van der Waals surface area contributed by atoms with Gasteiger partial charge < -0.3 is 15.7 Å². The van der Waals surface area contributed by atoms with E-state index in [1.165, 1.54) is 0 Å². The van der Waals surface area contributed by atoms with Crippen molar-refractivity contribution >= 4 is 27.8 Å². The van der Waals surface area contributed by atoms with Crippen molar-refractivity contribution in [3.8, 4) is 11.3 Å². The van der Waals surface area contributed by atoms with Crippen LogP contribution in [0.15, 0.2) is 67.0 Å². The van der Waals surface area contributed by atoms with Gasteiger partial charge in [0.25, 0.3) is 5.91 Å². The number of rotatable bonds is 6. The molecule has 4 N–H and O–H groups in total. The number of aromatic amines is 2. The van der Waals surface area contributed by atoms with Gasteiger partial charge in [-0.05, 0) is 36.9 Å². The molecule has 31 heavy (non-hydrogen) atoms. The molecule has 5 rings (SSSR count). The van der Waals surface area contributed by atoms with E-state index in [0.29, 0.717) is 17.6 Å². The van der Waals surface area contributed by atoms with Crippen LogP contribution in [0.2, 0.25) is 0 Å². The summed E-state index contributed by atoms with van der Waals surface area (Å²) in [6.45, 7) is 0.601. The molecule has 0 spiro atoms. The SMILES string of the molecule is CNCC(NC(=O)c1nc2cc3[nH][nH]c(-c4ccncc4)c3cc2n1)c1ccccc1. The zero-order valence-corrected chi connectivity index (χ0v) is 16.9. The summed E-state index contributed by atoms with van der Waals surface area (Å²) >= 11 is 0. The van der Waals surface area contributed by atoms with Crippen LogP contribution in [-0.2, 0) is 0 Å². The van der Waals surface area contributed by atoms with Gasteiger partial charge in [0.15, 0.2) is 0 Å². The molecule has 1 atom stereocenters. The molecule has 3 heterocycles. The fourth-order valence-corrected chi connectivity index (χ4v) is 3.73. The van der Waals surface area contributed by atoms with E-state index in [9.17, 15) is 4.79 Å². The third-order valence-corrected chi connectivity index (χ3v) is 5.25. The summed E-state index contributed by atoms with van der Waals surface area (Å²) in [7, 11) is 1.86. The van der Waals surface area contributed by atoms with Gasteiger partial charge in [-0.25, -0.2) is 9.97 Å². The Balaban J connectivity index is 1.47. The number of H-pyrrole nitrogens is 2. The van der Waals surface area contributed by atoms with E-state index in [-0.39, 0.29) is 17.8 Å². The average molecular weight is 411 g/mol. The van der Waals surface area contributed by atoms with Crippen molar-refractivity contribution in [2.75, 3.05) is 13.6 Å². The van der Waals surface area contributed by atoms with Gasteiger partial charge in [-0.1, -0.05) is 30.3 Å². The van der Waals surface area contributed by atoms with Gasteiger partial charge in [-0.2, -0.15) is 0 Å². The van der Waals surface area contributed by atoms with Crippen molar-refractivity contribution in [3.63, 3.8) is 0 Å². The third kappa shape index (κ3) is 3.64. The number of benzene rings is 2. The van der Waals surface area contributed by atoms with E-state index < -0.39 is 0 Å². The summed E-state index contributed by atoms with van der Waals surface area (Å²) < 4.78 is 0. The monoisotopic (exact) mass is 411 g/mol. The van der Waals surface area contributed by atoms with Crippen molar-refractivity contribution < 1.29 is 4.79 Å². The van der Waals surface area contributed by atoms with E-state index in [2.05, 4.69) is 35.8 Å². The summed E-state index contributed by atoms with van der Waals surface area (Å²) in [4.78, 5) is 25.9. The highest BCUT2D eigenvalue weighted by Crippen LogP contribution is 2.28. The van der Waals surface area contributed by atoms with Crippen LogP contribution in [0.3, 0.4) is 0 Å². The lowest BCUT2D eigenvalue weighted by atomic mass is 10.1. The largest absolute Gasteiger partial charge is 0.341 e. The second-order valence-electron chi connectivity index (χ2n) is 7.29. The standard InChI is InChI=1S/C23H21N7O/c1-24-13-20(14-5-3-2-4-6-14)28-23(31)22-26-18-11-16-17(12-19(18)27-22)29-30-21(16)15-7-9-25-10-8-15/h2-12,20,24,29-30H,13H2,1H3,(H,28,31). The average Bonchev–Trinajstić information content (AvgIpc) is 3.42. The Morgan fingerprint density at radius 2 is 1.74 bits per heavy atom. The molecule has 0 aliphatic rings. The zero-order chi connectivity index (χ0) is 21.2. The van der Waals surface area contributed by atoms with Crippen LogP contribution in [0.5, 0.6) is 0 Å². The van der Waals surface area contributed by atoms with E-state index in [4.69, 9.17) is 0 Å². The summed E-state index contributed by atoms with van der Waals surface area (Å²) in [6.07, 6.45) is 3.50. The quantitative estimate of drug-likeness (QED) is 0.343. The van der Waals surface area contributed by atoms with Gasteiger partial charge in [0, 0.05) is 29.9 Å². The van der Waals surface area contributed by atoms with Crippen LogP contribution < -0.4 is 10.6 Å². The van der Waals surface area contributed by atoms with Crippen molar-refractivity contribution in [2.45, 2.75) is 6.04 Å². The van der Waals surface area contributed by atoms with Crippen LogP contribution in [-0.4, -0.2) is 44.6 Å². The van der Waals surface area contributed by atoms with Gasteiger partial charge in [-0.15, -0.1) is 0 Å². The van der Waals surface area contributed by atoms with E-state index in [1.807, 2.05) is 61.6 Å². The van der Waals surface area contributed by atoms with Crippen LogP contribution >= 0.6 is 0 Å². The first kappa shape index (κ1) is 19.0. The summed E-state index contributed by atoms with van der Waals surface area (Å²) in [5.41, 5.74) is 5.20. The molecule has 0 saturated heterocycles. The Kier molecular flexibility index (Phi) is 4.89. The van der Waals surface area contributed by atoms with E-state index >= 15 is 0 Å². The third-order valence-electron chi connectivity index (χ3n) is 5.25. The highest BCUT2D eigenvalue weighted by atomic mass is 16.2. The zero-order valence-electron chi connectivity index (χ0n) is 16.9. The molecule has 0 fully saturated rings. The molecular weight excluding hydrogens is 390 g/mol. The first-order valence-corrected chi connectivity index (χ1v) is 10.0. The second kappa shape index (κ2) is 8.00. The second-order valence-corrected chi connectivity index (χ2v) is 7.29. The number of carbonyl (C=O) groups excluding carboxylic acids is 1. The molecule has 5 aromatic rings. The minimum absolute atomic E-state index is 0.161. The molecule has 1 amide bonds. The smallest absolute Gasteiger partial charge is 0.289 e. The van der Waals surface area contributed by atoms with Crippen LogP contribution in [0.4, 0.5) is 0 Å². The van der Waals surface area contributed by atoms with Gasteiger partial charge in [0.2, 0.25) is 5.82 Å². The number of amides is 1. The molecule has 1 unspecified atom stereocenters. The van der Waals surface area contributed by atoms with Gasteiger partial charge >= 0.3 is 0 Å². The van der Waals surface area contributed by atoms with Gasteiger partial charge in [0.05, 0.1) is 28.3 Å². The maximum absolute atomic E-state index is 12.9. The van der Waals surface area contributed by atoms with Crippen molar-refractivity contribution in [1.29, 1.82) is 0 Å². The topological polar surface area (TPSA) is 111 Å². The minimum atomic E-state index is -0.301. The number of imidazole rings is 1. The van der Waals surface area contributed by atoms with Crippen LogP contribution in [0.25, 0.3) is 33.2 Å². The minimum Gasteiger partial charge on any atom is -0.341 e. The number of nitrogens with zero attached hydrogens (tertiary/aromatic N) is 3. The van der Waals surface area contributed by atoms with Crippen molar-refractivity contribution in [3.05, 3.63) is 78.4 Å². The number of fused-ring (bicyclic) bond motifs is 2. The highest BCUT2D eigenvalue weighted by Gasteiger charge is 2.19. The molecule has 0 aliphatic carbocycles. The van der Waals surface area contributed by atoms with Crippen molar-refractivity contribution in [1.82, 2.24) is 35.8 Å². The molecule has 0 bridgehead atoms. The number of pyridine rings is 1. The summed E-state index contributed by atoms with van der Waals surface area (Å²) in [6, 6.07) is 17.4. The summed E-state index contributed by atoms with van der Waals surface area (Å²) in [5.74, 6) is -0.140. The first-order valence-electron chi connectivity index (χ1n) is 10.0. The van der Waals surface area contributed by atoms with Crippen molar-refractivity contribution in [2.24, 2.45) is 0 Å². The Labute approximate surface area is 178 Å². The molecule has 0 saturated carbocycles. The lowest BCUT2D eigenvalue weighted by molar-refractivity contribution is 0.0927. The predicted octanol–water partition coefficient (Wildman–Crippen LogP) is 3.19. The molecule has 0 radical (unpaired) electrons. The molecular formula is C23H21N7O. The lowest BCUT2D eigenvalue weighted by Gasteiger charge is -2.18. The number of likely N-dealkylation sites (N-methyl/N-ethyl adjacent to an activating group) is 1. The lowest BCUT2D eigenvalue weighted by Crippen LogP contribution is -2.35. The first-order chi connectivity index (χ1) is 15.2. The molecule has 8 nitrogen and oxygen atoms in total. The van der Waals surface area contributed by atoms with Gasteiger partial charge in [0.1, 0.15) is 0 Å². The molecule has 0 aliphatic heterocycles. The number of hydrogen-bond acceptors (Lipinski definition) is 5.